The molecule has 0 aliphatic heterocycles. The van der Waals surface area contributed by atoms with E-state index in [9.17, 15) is 4.79 Å². The highest BCUT2D eigenvalue weighted by molar-refractivity contribution is 5.98. The van der Waals surface area contributed by atoms with Crippen LogP contribution in [0.3, 0.4) is 0 Å². The predicted molar refractivity (Wildman–Crippen MR) is 71.9 cm³/mol. The Balaban J connectivity index is 2.33. The van der Waals surface area contributed by atoms with Crippen molar-refractivity contribution in [3.8, 4) is 0 Å². The van der Waals surface area contributed by atoms with Gasteiger partial charge in [-0.3, -0.25) is 9.48 Å². The van der Waals surface area contributed by atoms with Gasteiger partial charge in [0.05, 0.1) is 0 Å². The van der Waals surface area contributed by atoms with Crippen molar-refractivity contribution in [1.29, 1.82) is 0 Å². The molecule has 0 fully saturated rings. The molecule has 2 rings (SSSR count). The number of aryl methyl sites for hydroxylation is 4. The third-order valence-corrected chi connectivity index (χ3v) is 3.18. The minimum absolute atomic E-state index is 0.122. The van der Waals surface area contributed by atoms with Crippen LogP contribution in [0.25, 0.3) is 0 Å². The van der Waals surface area contributed by atoms with E-state index < -0.39 is 0 Å². The van der Waals surface area contributed by atoms with E-state index >= 15 is 0 Å². The summed E-state index contributed by atoms with van der Waals surface area (Å²) in [6.07, 6.45) is 1.72. The first-order valence-electron chi connectivity index (χ1n) is 6.08. The van der Waals surface area contributed by atoms with Gasteiger partial charge in [0.25, 0.3) is 0 Å². The van der Waals surface area contributed by atoms with Crippen molar-refractivity contribution in [2.75, 3.05) is 0 Å². The first-order chi connectivity index (χ1) is 8.49. The van der Waals surface area contributed by atoms with Crippen LogP contribution >= 0.6 is 0 Å². The van der Waals surface area contributed by atoms with Gasteiger partial charge in [-0.15, -0.1) is 0 Å². The lowest BCUT2D eigenvalue weighted by Crippen LogP contribution is -2.15. The number of ketones is 1. The third kappa shape index (κ3) is 2.35. The van der Waals surface area contributed by atoms with E-state index in [4.69, 9.17) is 0 Å². The molecule has 3 nitrogen and oxygen atoms in total. The third-order valence-electron chi connectivity index (χ3n) is 3.18. The highest BCUT2D eigenvalue weighted by Crippen LogP contribution is 2.17. The number of rotatable bonds is 3. The van der Waals surface area contributed by atoms with Crippen LogP contribution in [-0.4, -0.2) is 15.6 Å². The molecule has 0 amide bonds. The summed E-state index contributed by atoms with van der Waals surface area (Å²) in [6, 6.07) is 6.01. The van der Waals surface area contributed by atoms with Crippen molar-refractivity contribution < 1.29 is 4.79 Å². The van der Waals surface area contributed by atoms with E-state index in [-0.39, 0.29) is 5.78 Å². The van der Waals surface area contributed by atoms with Crippen LogP contribution in [0.1, 0.15) is 32.7 Å². The fourth-order valence-corrected chi connectivity index (χ4v) is 2.40. The summed E-state index contributed by atoms with van der Waals surface area (Å²) < 4.78 is 1.74. The van der Waals surface area contributed by atoms with Gasteiger partial charge in [-0.05, 0) is 44.9 Å². The van der Waals surface area contributed by atoms with Crippen LogP contribution in [0.2, 0.25) is 0 Å². The maximum Gasteiger partial charge on any atom is 0.184 e. The van der Waals surface area contributed by atoms with Crippen LogP contribution in [0.4, 0.5) is 0 Å². The van der Waals surface area contributed by atoms with Gasteiger partial charge >= 0.3 is 0 Å². The summed E-state index contributed by atoms with van der Waals surface area (Å²) in [4.78, 5) is 12.4. The van der Waals surface area contributed by atoms with Crippen LogP contribution in [0.5, 0.6) is 0 Å². The molecule has 0 unspecified atom stereocenters. The molecule has 2 aromatic rings. The Kier molecular flexibility index (Phi) is 3.32. The number of carbonyl (C=O) groups excluding carboxylic acids is 1. The average molecular weight is 242 g/mol. The SMILES string of the molecule is Cc1cc(C)c(C(=O)Cn2nccc2C)c(C)c1. The fourth-order valence-electron chi connectivity index (χ4n) is 2.40. The van der Waals surface area contributed by atoms with Crippen LogP contribution in [-0.2, 0) is 6.54 Å². The molecule has 0 bridgehead atoms. The molecule has 1 heterocycles. The van der Waals surface area contributed by atoms with Gasteiger partial charge in [-0.2, -0.15) is 5.10 Å². The molecule has 0 N–H and O–H groups in total. The maximum absolute atomic E-state index is 12.4. The van der Waals surface area contributed by atoms with Crippen molar-refractivity contribution in [2.24, 2.45) is 0 Å². The lowest BCUT2D eigenvalue weighted by Gasteiger charge is -2.11. The summed E-state index contributed by atoms with van der Waals surface area (Å²) in [5.74, 6) is 0.122. The highest BCUT2D eigenvalue weighted by atomic mass is 16.1. The van der Waals surface area contributed by atoms with Gasteiger partial charge in [-0.1, -0.05) is 17.7 Å². The minimum Gasteiger partial charge on any atom is -0.292 e. The van der Waals surface area contributed by atoms with Crippen LogP contribution in [0.15, 0.2) is 24.4 Å². The van der Waals surface area contributed by atoms with Gasteiger partial charge < -0.3 is 0 Å². The molecular weight excluding hydrogens is 224 g/mol. The van der Waals surface area contributed by atoms with Crippen LogP contribution in [0, 0.1) is 27.7 Å². The molecule has 94 valence electrons. The molecule has 0 saturated carbocycles. The molecule has 0 spiro atoms. The summed E-state index contributed by atoms with van der Waals surface area (Å²) in [6.45, 7) is 8.29. The number of hydrogen-bond donors (Lipinski definition) is 0. The summed E-state index contributed by atoms with van der Waals surface area (Å²) in [5.41, 5.74) is 5.11. The number of hydrogen-bond acceptors (Lipinski definition) is 2. The lowest BCUT2D eigenvalue weighted by atomic mass is 9.96. The van der Waals surface area contributed by atoms with Gasteiger partial charge in [0, 0.05) is 17.5 Å². The molecule has 1 aromatic heterocycles. The zero-order chi connectivity index (χ0) is 13.3. The second kappa shape index (κ2) is 4.77. The Hall–Kier alpha value is -1.90. The van der Waals surface area contributed by atoms with Crippen LogP contribution < -0.4 is 0 Å². The van der Waals surface area contributed by atoms with Gasteiger partial charge in [0.1, 0.15) is 6.54 Å². The minimum atomic E-state index is 0.122. The van der Waals surface area contributed by atoms with E-state index in [0.717, 1.165) is 22.4 Å². The van der Waals surface area contributed by atoms with Gasteiger partial charge in [0.15, 0.2) is 5.78 Å². The molecular formula is C15H18N2O. The topological polar surface area (TPSA) is 34.9 Å². The number of aromatic nitrogens is 2. The molecule has 1 aromatic carbocycles. The van der Waals surface area contributed by atoms with E-state index in [2.05, 4.69) is 17.2 Å². The first-order valence-corrected chi connectivity index (χ1v) is 6.08. The molecule has 0 radical (unpaired) electrons. The second-order valence-corrected chi connectivity index (χ2v) is 4.83. The average Bonchev–Trinajstić information content (AvgIpc) is 2.62. The standard InChI is InChI=1S/C15H18N2O/c1-10-7-11(2)15(12(3)8-10)14(18)9-17-13(4)5-6-16-17/h5-8H,9H2,1-4H3. The van der Waals surface area contributed by atoms with Crippen molar-refractivity contribution in [3.05, 3.63) is 52.3 Å². The first kappa shape index (κ1) is 12.6. The van der Waals surface area contributed by atoms with E-state index in [1.54, 1.807) is 10.9 Å². The Morgan fingerprint density at radius 1 is 1.17 bits per heavy atom. The number of carbonyl (C=O) groups is 1. The maximum atomic E-state index is 12.4. The van der Waals surface area contributed by atoms with Crippen molar-refractivity contribution >= 4 is 5.78 Å². The van der Waals surface area contributed by atoms with Gasteiger partial charge in [-0.25, -0.2) is 0 Å². The zero-order valence-electron chi connectivity index (χ0n) is 11.3. The fraction of sp³-hybridized carbons (Fsp3) is 0.333. The molecule has 0 aliphatic carbocycles. The Morgan fingerprint density at radius 2 is 1.78 bits per heavy atom. The Morgan fingerprint density at radius 3 is 2.28 bits per heavy atom. The lowest BCUT2D eigenvalue weighted by molar-refractivity contribution is 0.0965. The van der Waals surface area contributed by atoms with Gasteiger partial charge in [0.2, 0.25) is 0 Å². The molecule has 3 heteroatoms. The van der Waals surface area contributed by atoms with Crippen molar-refractivity contribution in [2.45, 2.75) is 34.2 Å². The van der Waals surface area contributed by atoms with E-state index in [1.807, 2.05) is 33.8 Å². The molecule has 0 aliphatic rings. The zero-order valence-corrected chi connectivity index (χ0v) is 11.3. The second-order valence-electron chi connectivity index (χ2n) is 4.83. The Labute approximate surface area is 107 Å². The highest BCUT2D eigenvalue weighted by Gasteiger charge is 2.14. The van der Waals surface area contributed by atoms with Crippen molar-refractivity contribution in [1.82, 2.24) is 9.78 Å². The quantitative estimate of drug-likeness (QED) is 0.775. The number of benzene rings is 1. The van der Waals surface area contributed by atoms with E-state index in [0.29, 0.717) is 6.54 Å². The van der Waals surface area contributed by atoms with E-state index in [1.165, 1.54) is 5.56 Å². The number of nitrogens with zero attached hydrogens (tertiary/aromatic N) is 2. The normalized spacial score (nSPS) is 10.7. The van der Waals surface area contributed by atoms with Crippen molar-refractivity contribution in [3.63, 3.8) is 0 Å². The predicted octanol–water partition coefficient (Wildman–Crippen LogP) is 3.00. The largest absolute Gasteiger partial charge is 0.292 e. The summed E-state index contributed by atoms with van der Waals surface area (Å²) in [5, 5.41) is 4.15. The monoisotopic (exact) mass is 242 g/mol. The summed E-state index contributed by atoms with van der Waals surface area (Å²) in [7, 11) is 0. The smallest absolute Gasteiger partial charge is 0.184 e. The molecule has 0 atom stereocenters. The summed E-state index contributed by atoms with van der Waals surface area (Å²) >= 11 is 0. The number of Topliss-reactive ketones (excluding diaryl/α,β-unsaturated/α-hetero) is 1. The molecule has 0 saturated heterocycles. The molecule has 18 heavy (non-hydrogen) atoms. The Bertz CT molecular complexity index is 573.